The SMILES string of the molecule is [B]C(=C)C=CC. The molecule has 0 saturated heterocycles. The van der Waals surface area contributed by atoms with Crippen LogP contribution < -0.4 is 0 Å². The third kappa shape index (κ3) is 3.54. The van der Waals surface area contributed by atoms with Crippen LogP contribution in [0.4, 0.5) is 0 Å². The monoisotopic (exact) mass is 78.1 g/mol. The zero-order chi connectivity index (χ0) is 4.99. The van der Waals surface area contributed by atoms with E-state index in [1.165, 1.54) is 0 Å². The van der Waals surface area contributed by atoms with Crippen molar-refractivity contribution < 1.29 is 0 Å². The Morgan fingerprint density at radius 2 is 2.33 bits per heavy atom. The first kappa shape index (κ1) is 5.54. The summed E-state index contributed by atoms with van der Waals surface area (Å²) in [6, 6.07) is 0. The fourth-order valence-electron chi connectivity index (χ4n) is 0.214. The fourth-order valence-corrected chi connectivity index (χ4v) is 0.214. The topological polar surface area (TPSA) is 0 Å². The Bertz CT molecular complexity index is 72.0. The van der Waals surface area contributed by atoms with Crippen LogP contribution in [0.2, 0.25) is 0 Å². The van der Waals surface area contributed by atoms with E-state index in [0.29, 0.717) is 5.47 Å². The Morgan fingerprint density at radius 1 is 1.83 bits per heavy atom. The van der Waals surface area contributed by atoms with Crippen LogP contribution in [0.3, 0.4) is 0 Å². The Hall–Kier alpha value is -0.455. The molecule has 6 heavy (non-hydrogen) atoms. The van der Waals surface area contributed by atoms with Gasteiger partial charge in [-0.2, -0.15) is 0 Å². The number of hydrogen-bond acceptors (Lipinski definition) is 0. The van der Waals surface area contributed by atoms with Gasteiger partial charge in [0.1, 0.15) is 7.85 Å². The summed E-state index contributed by atoms with van der Waals surface area (Å²) in [6.07, 6.45) is 3.60. The third-order valence-electron chi connectivity index (χ3n) is 0.381. The smallest absolute Gasteiger partial charge is 0.106 e. The molecule has 0 aromatic rings. The Balaban J connectivity index is 3.30. The van der Waals surface area contributed by atoms with E-state index in [9.17, 15) is 0 Å². The van der Waals surface area contributed by atoms with E-state index in [0.717, 1.165) is 0 Å². The normalized spacial score (nSPS) is 9.50. The highest BCUT2D eigenvalue weighted by Gasteiger charge is 1.64. The maximum absolute atomic E-state index is 5.12. The largest absolute Gasteiger partial charge is 0.112 e. The first-order valence-corrected chi connectivity index (χ1v) is 1.84. The molecule has 0 heterocycles. The van der Waals surface area contributed by atoms with Crippen LogP contribution in [0, 0.1) is 0 Å². The van der Waals surface area contributed by atoms with Gasteiger partial charge in [0, 0.05) is 0 Å². The Kier molecular flexibility index (Phi) is 2.56. The molecule has 0 rings (SSSR count). The van der Waals surface area contributed by atoms with Gasteiger partial charge < -0.3 is 0 Å². The van der Waals surface area contributed by atoms with Crippen molar-refractivity contribution in [1.29, 1.82) is 0 Å². The summed E-state index contributed by atoms with van der Waals surface area (Å²) in [5.41, 5.74) is 0.609. The van der Waals surface area contributed by atoms with Gasteiger partial charge in [0.2, 0.25) is 0 Å². The van der Waals surface area contributed by atoms with Crippen LogP contribution in [0.25, 0.3) is 0 Å². The predicted octanol–water partition coefficient (Wildman–Crippen LogP) is 1.24. The molecule has 30 valence electrons. The minimum atomic E-state index is 0.609. The van der Waals surface area contributed by atoms with Gasteiger partial charge in [-0.1, -0.05) is 12.2 Å². The minimum Gasteiger partial charge on any atom is -0.106 e. The zero-order valence-corrected chi connectivity index (χ0v) is 3.94. The van der Waals surface area contributed by atoms with Crippen molar-refractivity contribution in [1.82, 2.24) is 0 Å². The molecular formula is C5H7B. The Labute approximate surface area is 40.0 Å². The van der Waals surface area contributed by atoms with Gasteiger partial charge in [0.15, 0.2) is 0 Å². The van der Waals surface area contributed by atoms with Crippen LogP contribution in [0.1, 0.15) is 6.92 Å². The quantitative estimate of drug-likeness (QED) is 0.327. The van der Waals surface area contributed by atoms with Crippen molar-refractivity contribution in [2.45, 2.75) is 6.92 Å². The molecule has 0 aliphatic rings. The van der Waals surface area contributed by atoms with E-state index in [-0.39, 0.29) is 0 Å². The lowest BCUT2D eigenvalue weighted by atomic mass is 9.98. The van der Waals surface area contributed by atoms with Crippen molar-refractivity contribution in [3.63, 3.8) is 0 Å². The van der Waals surface area contributed by atoms with Gasteiger partial charge in [-0.3, -0.25) is 0 Å². The second-order valence-electron chi connectivity index (χ2n) is 1.07. The molecule has 0 aromatic carbocycles. The van der Waals surface area contributed by atoms with Crippen molar-refractivity contribution in [2.75, 3.05) is 0 Å². The lowest BCUT2D eigenvalue weighted by molar-refractivity contribution is 1.73. The van der Waals surface area contributed by atoms with Gasteiger partial charge in [0.05, 0.1) is 0 Å². The van der Waals surface area contributed by atoms with Crippen LogP contribution in [0.15, 0.2) is 24.2 Å². The second kappa shape index (κ2) is 2.76. The molecular weight excluding hydrogens is 70.9 g/mol. The maximum Gasteiger partial charge on any atom is 0.112 e. The highest BCUT2D eigenvalue weighted by Crippen LogP contribution is 1.79. The van der Waals surface area contributed by atoms with Gasteiger partial charge in [-0.15, -0.1) is 12.1 Å². The lowest BCUT2D eigenvalue weighted by Crippen LogP contribution is -1.64. The van der Waals surface area contributed by atoms with Crippen LogP contribution in [0.5, 0.6) is 0 Å². The summed E-state index contributed by atoms with van der Waals surface area (Å²) in [6.45, 7) is 5.34. The molecule has 2 radical (unpaired) electrons. The highest BCUT2D eigenvalue weighted by atomic mass is 13.6. The molecule has 0 aliphatic carbocycles. The average Bonchev–Trinajstić information content (AvgIpc) is 1.35. The summed E-state index contributed by atoms with van der Waals surface area (Å²) in [5.74, 6) is 0. The maximum atomic E-state index is 5.12. The molecule has 0 aromatic heterocycles. The molecule has 0 amide bonds. The number of hydrogen-bond donors (Lipinski definition) is 0. The van der Waals surface area contributed by atoms with E-state index in [1.54, 1.807) is 6.08 Å². The fraction of sp³-hybridized carbons (Fsp3) is 0.200. The van der Waals surface area contributed by atoms with E-state index in [1.807, 2.05) is 13.0 Å². The average molecular weight is 77.9 g/mol. The molecule has 1 heteroatoms. The summed E-state index contributed by atoms with van der Waals surface area (Å²) in [5, 5.41) is 0. The standard InChI is InChI=1S/C5H7B/c1-3-4-5(2)6/h3-4H,2H2,1H3. The number of rotatable bonds is 1. The molecule has 0 N–H and O–H groups in total. The number of allylic oxidation sites excluding steroid dienone is 3. The van der Waals surface area contributed by atoms with Gasteiger partial charge in [-0.25, -0.2) is 0 Å². The van der Waals surface area contributed by atoms with E-state index in [4.69, 9.17) is 7.85 Å². The molecule has 0 atom stereocenters. The predicted molar refractivity (Wildman–Crippen MR) is 29.7 cm³/mol. The van der Waals surface area contributed by atoms with Crippen molar-refractivity contribution in [3.8, 4) is 0 Å². The molecule has 0 unspecified atom stereocenters. The zero-order valence-electron chi connectivity index (χ0n) is 3.94. The lowest BCUT2D eigenvalue weighted by Gasteiger charge is -1.76. The molecule has 0 aliphatic heterocycles. The van der Waals surface area contributed by atoms with Gasteiger partial charge >= 0.3 is 0 Å². The highest BCUT2D eigenvalue weighted by molar-refractivity contribution is 6.22. The Morgan fingerprint density at radius 3 is 2.33 bits per heavy atom. The summed E-state index contributed by atoms with van der Waals surface area (Å²) >= 11 is 0. The summed E-state index contributed by atoms with van der Waals surface area (Å²) in [4.78, 5) is 0. The molecule has 0 saturated carbocycles. The first-order valence-electron chi connectivity index (χ1n) is 1.84. The van der Waals surface area contributed by atoms with E-state index < -0.39 is 0 Å². The second-order valence-corrected chi connectivity index (χ2v) is 1.07. The third-order valence-corrected chi connectivity index (χ3v) is 0.381. The van der Waals surface area contributed by atoms with Gasteiger partial charge in [-0.05, 0) is 6.92 Å². The van der Waals surface area contributed by atoms with Crippen molar-refractivity contribution >= 4 is 7.85 Å². The summed E-state index contributed by atoms with van der Waals surface area (Å²) in [7, 11) is 5.12. The summed E-state index contributed by atoms with van der Waals surface area (Å²) < 4.78 is 0. The van der Waals surface area contributed by atoms with Crippen molar-refractivity contribution in [2.24, 2.45) is 0 Å². The first-order chi connectivity index (χ1) is 2.77. The van der Waals surface area contributed by atoms with E-state index in [2.05, 4.69) is 6.58 Å². The van der Waals surface area contributed by atoms with Crippen LogP contribution in [-0.4, -0.2) is 7.85 Å². The molecule has 0 bridgehead atoms. The molecule has 0 fully saturated rings. The van der Waals surface area contributed by atoms with Crippen LogP contribution in [-0.2, 0) is 0 Å². The minimum absolute atomic E-state index is 0.609. The molecule has 0 spiro atoms. The molecule has 0 nitrogen and oxygen atoms in total. The van der Waals surface area contributed by atoms with Crippen molar-refractivity contribution in [3.05, 3.63) is 24.2 Å². The van der Waals surface area contributed by atoms with Gasteiger partial charge in [0.25, 0.3) is 0 Å². The van der Waals surface area contributed by atoms with Crippen LogP contribution >= 0.6 is 0 Å². The van der Waals surface area contributed by atoms with E-state index >= 15 is 0 Å².